The molecular formula is C23H22ClFN4O2. The van der Waals surface area contributed by atoms with Crippen LogP contribution < -0.4 is 11.5 Å². The van der Waals surface area contributed by atoms with Gasteiger partial charge in [-0.2, -0.15) is 0 Å². The number of halogens is 2. The zero-order chi connectivity index (χ0) is 22.5. The number of benzene rings is 3. The molecule has 5 N–H and O–H groups in total. The van der Waals surface area contributed by atoms with E-state index >= 15 is 0 Å². The third-order valence-electron chi connectivity index (χ3n) is 4.80. The number of anilines is 1. The van der Waals surface area contributed by atoms with E-state index in [0.717, 1.165) is 4.42 Å². The molecule has 1 unspecified atom stereocenters. The molecule has 0 saturated heterocycles. The monoisotopic (exact) mass is 440 g/mol. The lowest BCUT2D eigenvalue weighted by Crippen LogP contribution is -2.29. The molecule has 3 rings (SSSR count). The Hall–Kier alpha value is -3.42. The first-order valence-electron chi connectivity index (χ1n) is 9.39. The number of rotatable bonds is 7. The van der Waals surface area contributed by atoms with Crippen LogP contribution in [0.5, 0.6) is 0 Å². The zero-order valence-corrected chi connectivity index (χ0v) is 17.6. The lowest BCUT2D eigenvalue weighted by Gasteiger charge is -2.23. The van der Waals surface area contributed by atoms with Crippen LogP contribution in [0.4, 0.5) is 10.1 Å². The molecule has 0 aromatic heterocycles. The van der Waals surface area contributed by atoms with Crippen molar-refractivity contribution in [1.82, 2.24) is 4.42 Å². The number of amidine groups is 1. The lowest BCUT2D eigenvalue weighted by molar-refractivity contribution is -0.138. The number of hydrogen-bond acceptors (Lipinski definition) is 4. The van der Waals surface area contributed by atoms with Gasteiger partial charge in [-0.05, 0) is 34.9 Å². The van der Waals surface area contributed by atoms with Gasteiger partial charge in [-0.3, -0.25) is 10.2 Å². The largest absolute Gasteiger partial charge is 0.399 e. The zero-order valence-electron chi connectivity index (χ0n) is 16.8. The van der Waals surface area contributed by atoms with Crippen LogP contribution in [-0.4, -0.2) is 23.3 Å². The highest BCUT2D eigenvalue weighted by molar-refractivity contribution is 6.21. The molecule has 0 spiro atoms. The first-order valence-corrected chi connectivity index (χ1v) is 9.73. The minimum atomic E-state index is -1.26. The summed E-state index contributed by atoms with van der Waals surface area (Å²) in [5.41, 5.74) is 14.3. The lowest BCUT2D eigenvalue weighted by atomic mass is 9.94. The van der Waals surface area contributed by atoms with Gasteiger partial charge in [0.05, 0.1) is 6.54 Å². The Morgan fingerprint density at radius 2 is 1.84 bits per heavy atom. The van der Waals surface area contributed by atoms with Gasteiger partial charge in [0, 0.05) is 35.7 Å². The van der Waals surface area contributed by atoms with E-state index in [1.165, 1.54) is 13.2 Å². The Morgan fingerprint density at radius 1 is 1.16 bits per heavy atom. The molecule has 3 aromatic rings. The molecule has 0 aliphatic rings. The van der Waals surface area contributed by atoms with Crippen molar-refractivity contribution in [2.75, 3.05) is 12.8 Å². The van der Waals surface area contributed by atoms with Crippen molar-refractivity contribution in [3.8, 4) is 11.1 Å². The third kappa shape index (κ3) is 5.02. The maximum absolute atomic E-state index is 14.9. The number of ether oxygens (including phenoxy) is 1. The Labute approximate surface area is 184 Å². The molecule has 1 atom stereocenters. The molecule has 160 valence electrons. The maximum Gasteiger partial charge on any atom is 0.271 e. The molecule has 0 radical (unpaired) electrons. The summed E-state index contributed by atoms with van der Waals surface area (Å²) >= 11 is 6.26. The minimum absolute atomic E-state index is 0.0561. The van der Waals surface area contributed by atoms with Gasteiger partial charge in [-0.25, -0.2) is 8.81 Å². The van der Waals surface area contributed by atoms with Crippen molar-refractivity contribution < 1.29 is 13.9 Å². The minimum Gasteiger partial charge on any atom is -0.399 e. The van der Waals surface area contributed by atoms with Gasteiger partial charge in [-0.1, -0.05) is 48.5 Å². The van der Waals surface area contributed by atoms with Crippen molar-refractivity contribution >= 4 is 29.2 Å². The van der Waals surface area contributed by atoms with Gasteiger partial charge in [-0.15, -0.1) is 0 Å². The van der Waals surface area contributed by atoms with Crippen molar-refractivity contribution in [2.45, 2.75) is 12.6 Å². The standard InChI is InChI=1S/C23H22ClFN4O2/c1-31-21(23(30)29(24)13-14-8-10-15(11-9-14)22(27)28)20-18(6-3-7-19(20)25)16-4-2-5-17(26)12-16/h2-12,21H,13,26H2,1H3,(H3,27,28). The van der Waals surface area contributed by atoms with Crippen LogP contribution in [0.1, 0.15) is 22.8 Å². The summed E-state index contributed by atoms with van der Waals surface area (Å²) in [6.45, 7) is 0.0561. The van der Waals surface area contributed by atoms with E-state index in [9.17, 15) is 9.18 Å². The van der Waals surface area contributed by atoms with E-state index < -0.39 is 17.8 Å². The van der Waals surface area contributed by atoms with E-state index in [1.807, 2.05) is 0 Å². The molecule has 0 saturated carbocycles. The quantitative estimate of drug-likeness (QED) is 0.221. The Morgan fingerprint density at radius 3 is 2.45 bits per heavy atom. The molecule has 6 nitrogen and oxygen atoms in total. The molecule has 0 heterocycles. The van der Waals surface area contributed by atoms with Crippen LogP contribution in [0, 0.1) is 11.2 Å². The number of carbonyl (C=O) groups excluding carboxylic acids is 1. The highest BCUT2D eigenvalue weighted by Gasteiger charge is 2.30. The number of nitrogens with two attached hydrogens (primary N) is 2. The van der Waals surface area contributed by atoms with Crippen LogP contribution in [0.15, 0.2) is 66.7 Å². The van der Waals surface area contributed by atoms with Crippen molar-refractivity contribution in [3.63, 3.8) is 0 Å². The molecule has 0 bridgehead atoms. The maximum atomic E-state index is 14.9. The summed E-state index contributed by atoms with van der Waals surface area (Å²) in [6, 6.07) is 18.2. The van der Waals surface area contributed by atoms with E-state index in [1.54, 1.807) is 60.7 Å². The fourth-order valence-electron chi connectivity index (χ4n) is 3.26. The van der Waals surface area contributed by atoms with E-state index in [2.05, 4.69) is 0 Å². The first kappa shape index (κ1) is 22.3. The Kier molecular flexibility index (Phi) is 6.89. The molecule has 0 fully saturated rings. The molecule has 31 heavy (non-hydrogen) atoms. The SMILES string of the molecule is COC(C(=O)N(Cl)Cc1ccc(C(=N)N)cc1)c1c(F)cccc1-c1cccc(N)c1. The van der Waals surface area contributed by atoms with Crippen LogP contribution >= 0.6 is 11.8 Å². The topological polar surface area (TPSA) is 105 Å². The van der Waals surface area contributed by atoms with Gasteiger partial charge < -0.3 is 16.2 Å². The summed E-state index contributed by atoms with van der Waals surface area (Å²) in [5, 5.41) is 7.44. The van der Waals surface area contributed by atoms with Crippen molar-refractivity contribution in [2.24, 2.45) is 5.73 Å². The highest BCUT2D eigenvalue weighted by atomic mass is 35.5. The molecule has 3 aromatic carbocycles. The molecule has 0 aliphatic heterocycles. The summed E-state index contributed by atoms with van der Waals surface area (Å²) in [7, 11) is 1.32. The van der Waals surface area contributed by atoms with Gasteiger partial charge in [0.2, 0.25) is 0 Å². The van der Waals surface area contributed by atoms with Gasteiger partial charge in [0.15, 0.2) is 6.10 Å². The Bertz CT molecular complexity index is 1100. The fourth-order valence-corrected chi connectivity index (χ4v) is 3.49. The predicted octanol–water partition coefficient (Wildman–Crippen LogP) is 4.23. The normalized spacial score (nSPS) is 11.7. The smallest absolute Gasteiger partial charge is 0.271 e. The average molecular weight is 441 g/mol. The van der Waals surface area contributed by atoms with Gasteiger partial charge in [0.25, 0.3) is 5.91 Å². The van der Waals surface area contributed by atoms with Crippen molar-refractivity contribution in [3.05, 3.63) is 89.2 Å². The average Bonchev–Trinajstić information content (AvgIpc) is 2.75. The number of nitrogens with one attached hydrogen (secondary N) is 1. The third-order valence-corrected chi connectivity index (χ3v) is 5.08. The first-order chi connectivity index (χ1) is 14.8. The van der Waals surface area contributed by atoms with Gasteiger partial charge in [0.1, 0.15) is 11.7 Å². The van der Waals surface area contributed by atoms with Crippen LogP contribution in [0.2, 0.25) is 0 Å². The molecule has 0 aliphatic carbocycles. The second-order valence-corrected chi connectivity index (χ2v) is 7.32. The second-order valence-electron chi connectivity index (χ2n) is 6.91. The number of methoxy groups -OCH3 is 1. The fraction of sp³-hybridized carbons (Fsp3) is 0.130. The van der Waals surface area contributed by atoms with Crippen LogP contribution in [0.25, 0.3) is 11.1 Å². The van der Waals surface area contributed by atoms with E-state index in [4.69, 9.17) is 33.4 Å². The summed E-state index contributed by atoms with van der Waals surface area (Å²) < 4.78 is 21.2. The van der Waals surface area contributed by atoms with Crippen LogP contribution in [0.3, 0.4) is 0 Å². The van der Waals surface area contributed by atoms with Gasteiger partial charge >= 0.3 is 0 Å². The number of amides is 1. The number of nitrogens with zero attached hydrogens (tertiary/aromatic N) is 1. The molecular weight excluding hydrogens is 419 g/mol. The highest BCUT2D eigenvalue weighted by Crippen LogP contribution is 2.34. The summed E-state index contributed by atoms with van der Waals surface area (Å²) in [6.07, 6.45) is -1.26. The second kappa shape index (κ2) is 9.59. The summed E-state index contributed by atoms with van der Waals surface area (Å²) in [5.74, 6) is -1.26. The number of nitrogen functional groups attached to an aromatic ring is 2. The molecule has 1 amide bonds. The number of hydrogen-bond donors (Lipinski definition) is 3. The van der Waals surface area contributed by atoms with E-state index in [-0.39, 0.29) is 17.9 Å². The Balaban J connectivity index is 1.91. The van der Waals surface area contributed by atoms with E-state index in [0.29, 0.717) is 27.9 Å². The van der Waals surface area contributed by atoms with Crippen LogP contribution in [-0.2, 0) is 16.1 Å². The molecule has 8 heteroatoms. The van der Waals surface area contributed by atoms with Crippen molar-refractivity contribution in [1.29, 1.82) is 5.41 Å². The number of carbonyl (C=O) groups is 1. The summed E-state index contributed by atoms with van der Waals surface area (Å²) in [4.78, 5) is 13.1. The predicted molar refractivity (Wildman–Crippen MR) is 120 cm³/mol.